The highest BCUT2D eigenvalue weighted by atomic mass is 19.3. The molecule has 430 valence electrons. The maximum absolute atomic E-state index is 17.3. The van der Waals surface area contributed by atoms with Crippen LogP contribution in [0.15, 0.2) is 53.5 Å². The number of phenolic OH excluding ortho intramolecular Hbond substituents is 1. The first-order chi connectivity index (χ1) is 38.8. The Morgan fingerprint density at radius 3 is 2.47 bits per heavy atom. The highest BCUT2D eigenvalue weighted by Gasteiger charge is 2.51. The molecule has 3 amide bonds. The van der Waals surface area contributed by atoms with Crippen LogP contribution in [0.4, 0.5) is 28.2 Å². The highest BCUT2D eigenvalue weighted by Crippen LogP contribution is 2.45. The number of β-amino-alcohol motifs (C(OH)–C–C–N with tert-alkyl or cyclic N) is 1. The van der Waals surface area contributed by atoms with E-state index in [9.17, 15) is 29.4 Å². The van der Waals surface area contributed by atoms with Gasteiger partial charge >= 0.3 is 17.8 Å². The number of hydrogen-bond acceptors (Lipinski definition) is 14. The number of fused-ring (bicyclic) bond motifs is 4. The first kappa shape index (κ1) is 54.7. The van der Waals surface area contributed by atoms with Gasteiger partial charge in [-0.2, -0.15) is 9.97 Å². The van der Waals surface area contributed by atoms with Crippen molar-refractivity contribution in [2.24, 2.45) is 13.0 Å². The molecule has 0 saturated carbocycles. The molecular formula is C59H68F4N10O8. The van der Waals surface area contributed by atoms with E-state index in [1.54, 1.807) is 20.9 Å². The van der Waals surface area contributed by atoms with Crippen molar-refractivity contribution in [3.8, 4) is 23.0 Å². The van der Waals surface area contributed by atoms with Crippen LogP contribution in [0.2, 0.25) is 0 Å². The van der Waals surface area contributed by atoms with Crippen molar-refractivity contribution >= 4 is 56.4 Å². The Labute approximate surface area is 465 Å². The maximum atomic E-state index is 17.3. The second kappa shape index (κ2) is 21.1. The minimum Gasteiger partial charge on any atom is -0.508 e. The SMILES string of the molecule is CCc1c(F)ccc2cc(O)cc(-c3ncc4c(N5CCC[C@@](C)(O)C5)nc(OC[C@@]56CCCN5[C@H](COC(=O)N5CCC(CN7CCC(c8ccc9c(c8)n(C)c(=O)n9C8CCC(=O)NC8=O)CC7)C(F)(F)C5)CC6)nc4c3F)c12. The molecule has 6 aliphatic rings. The number of anilines is 1. The number of imidazole rings is 1. The second-order valence-corrected chi connectivity index (χ2v) is 23.8. The fourth-order valence-electron chi connectivity index (χ4n) is 14.2. The monoisotopic (exact) mass is 1120 g/mol. The molecule has 12 rings (SSSR count). The summed E-state index contributed by atoms with van der Waals surface area (Å²) in [4.78, 5) is 72.7. The molecule has 0 bridgehead atoms. The number of rotatable bonds is 12. The fraction of sp³-hybridized carbons (Fsp3) is 0.542. The zero-order valence-corrected chi connectivity index (χ0v) is 45.9. The largest absolute Gasteiger partial charge is 0.508 e. The highest BCUT2D eigenvalue weighted by molar-refractivity contribution is 6.02. The summed E-state index contributed by atoms with van der Waals surface area (Å²) in [5.74, 6) is -5.85. The summed E-state index contributed by atoms with van der Waals surface area (Å²) < 4.78 is 79.8. The summed E-state index contributed by atoms with van der Waals surface area (Å²) in [5, 5.41) is 25.5. The van der Waals surface area contributed by atoms with Gasteiger partial charge in [0.2, 0.25) is 11.8 Å². The molecule has 3 aromatic carbocycles. The van der Waals surface area contributed by atoms with Gasteiger partial charge in [0.05, 0.1) is 34.1 Å². The number of hydrogen-bond donors (Lipinski definition) is 3. The van der Waals surface area contributed by atoms with Gasteiger partial charge in [0.15, 0.2) is 5.82 Å². The minimum absolute atomic E-state index is 0.00972. The van der Waals surface area contributed by atoms with Crippen molar-refractivity contribution in [3.63, 3.8) is 0 Å². The Hall–Kier alpha value is -6.91. The second-order valence-electron chi connectivity index (χ2n) is 23.8. The van der Waals surface area contributed by atoms with E-state index in [2.05, 4.69) is 25.1 Å². The van der Waals surface area contributed by atoms with E-state index in [-0.39, 0.29) is 104 Å². The lowest BCUT2D eigenvalue weighted by molar-refractivity contribution is -0.135. The molecule has 0 radical (unpaired) electrons. The number of carbonyl (C=O) groups excluding carboxylic acids is 3. The minimum atomic E-state index is -3.14. The van der Waals surface area contributed by atoms with Gasteiger partial charge in [-0.25, -0.2) is 27.2 Å². The molecule has 6 fully saturated rings. The number of halogens is 4. The van der Waals surface area contributed by atoms with Crippen molar-refractivity contribution in [3.05, 3.63) is 81.9 Å². The van der Waals surface area contributed by atoms with Crippen LogP contribution in [0, 0.1) is 17.6 Å². The Kier molecular flexibility index (Phi) is 14.3. The Bertz CT molecular complexity index is 3550. The predicted molar refractivity (Wildman–Crippen MR) is 293 cm³/mol. The topological polar surface area (TPSA) is 201 Å². The number of aryl methyl sites for hydroxylation is 2. The summed E-state index contributed by atoms with van der Waals surface area (Å²) in [6, 6.07) is 10.5. The first-order valence-corrected chi connectivity index (χ1v) is 28.5. The number of likely N-dealkylation sites (tertiary alicyclic amines) is 2. The number of carbonyl (C=O) groups is 3. The molecule has 2 unspecified atom stereocenters. The number of piperidine rings is 4. The van der Waals surface area contributed by atoms with Crippen LogP contribution in [-0.4, -0.2) is 156 Å². The number of amides is 3. The van der Waals surface area contributed by atoms with Crippen molar-refractivity contribution in [2.45, 2.75) is 126 Å². The Balaban J connectivity index is 0.679. The van der Waals surface area contributed by atoms with Crippen molar-refractivity contribution in [2.75, 3.05) is 70.5 Å². The van der Waals surface area contributed by atoms with E-state index in [1.165, 1.54) is 39.6 Å². The number of ether oxygens (including phenoxy) is 2. The van der Waals surface area contributed by atoms with Crippen LogP contribution in [0.1, 0.15) is 108 Å². The fourth-order valence-corrected chi connectivity index (χ4v) is 14.2. The molecule has 0 aliphatic carbocycles. The van der Waals surface area contributed by atoms with Crippen LogP contribution < -0.4 is 20.6 Å². The summed E-state index contributed by atoms with van der Waals surface area (Å²) in [6.07, 6.45) is 7.15. The average Bonchev–Trinajstić information content (AvgIpc) is 4.31. The van der Waals surface area contributed by atoms with Gasteiger partial charge < -0.3 is 34.4 Å². The lowest BCUT2D eigenvalue weighted by Gasteiger charge is -2.41. The standard InChI is InChI=1S/C59H68F4N10O8/c1-4-40-43(60)9-7-36-25-39(74)27-41(48(36)40)50-49(61)51-42(28-64-50)52(70-20-5-17-57(2,79)31-70)67-54(66-51)81-33-58-18-6-21-72(58)38(13-19-58)30-80-56(78)71-24-16-37(59(62,63)32-71)29-69-22-14-34(15-23-69)35-8-10-44-46(26-35)68(3)55(77)73(44)45-11-12-47(75)65-53(45)76/h7-10,25-28,34,37-38,45,74,79H,4-6,11-24,29-33H2,1-3H3,(H,65,75,76)/t37?,38-,45?,57+,58-/m0/s1. The number of nitrogens with zero attached hydrogens (tertiary/aromatic N) is 9. The van der Waals surface area contributed by atoms with E-state index in [1.807, 2.05) is 23.1 Å². The van der Waals surface area contributed by atoms with Gasteiger partial charge in [-0.1, -0.05) is 19.1 Å². The Morgan fingerprint density at radius 1 is 0.901 bits per heavy atom. The number of phenols is 1. The lowest BCUT2D eigenvalue weighted by atomic mass is 9.87. The number of nitrogens with one attached hydrogen (secondary N) is 1. The smallest absolute Gasteiger partial charge is 0.410 e. The number of aromatic nitrogens is 5. The quantitative estimate of drug-likeness (QED) is 0.0795. The normalized spacial score (nSPS) is 25.8. The van der Waals surface area contributed by atoms with Gasteiger partial charge in [-0.3, -0.25) is 33.9 Å². The molecule has 18 nitrogen and oxygen atoms in total. The molecule has 6 aliphatic heterocycles. The van der Waals surface area contributed by atoms with Crippen LogP contribution in [0.3, 0.4) is 0 Å². The van der Waals surface area contributed by atoms with E-state index in [4.69, 9.17) is 14.5 Å². The number of aromatic hydroxyl groups is 1. The van der Waals surface area contributed by atoms with E-state index in [0.29, 0.717) is 96.9 Å². The molecule has 6 aromatic rings. The molecule has 22 heteroatoms. The van der Waals surface area contributed by atoms with E-state index in [0.717, 1.165) is 36.1 Å². The molecule has 3 aromatic heterocycles. The van der Waals surface area contributed by atoms with E-state index < -0.39 is 59.2 Å². The van der Waals surface area contributed by atoms with Crippen LogP contribution in [-0.2, 0) is 27.8 Å². The molecule has 9 heterocycles. The third kappa shape index (κ3) is 10.1. The Morgan fingerprint density at radius 2 is 1.70 bits per heavy atom. The van der Waals surface area contributed by atoms with E-state index >= 15 is 17.6 Å². The maximum Gasteiger partial charge on any atom is 0.410 e. The molecular weight excluding hydrogens is 1050 g/mol. The molecule has 81 heavy (non-hydrogen) atoms. The summed E-state index contributed by atoms with van der Waals surface area (Å²) >= 11 is 0. The lowest BCUT2D eigenvalue weighted by Crippen LogP contribution is -2.54. The van der Waals surface area contributed by atoms with Gasteiger partial charge in [-0.05, 0) is 155 Å². The first-order valence-electron chi connectivity index (χ1n) is 28.5. The number of benzene rings is 3. The van der Waals surface area contributed by atoms with Crippen LogP contribution in [0.5, 0.6) is 11.8 Å². The van der Waals surface area contributed by atoms with Gasteiger partial charge in [0.25, 0.3) is 5.92 Å². The molecule has 3 N–H and O–H groups in total. The zero-order chi connectivity index (χ0) is 56.7. The number of alkyl halides is 2. The van der Waals surface area contributed by atoms with Crippen LogP contribution >= 0.6 is 0 Å². The van der Waals surface area contributed by atoms with Crippen molar-refractivity contribution in [1.29, 1.82) is 0 Å². The predicted octanol–water partition coefficient (Wildman–Crippen LogP) is 7.72. The summed E-state index contributed by atoms with van der Waals surface area (Å²) in [6.45, 7) is 5.95. The number of aliphatic hydroxyl groups is 1. The third-order valence-corrected chi connectivity index (χ3v) is 18.5. The third-order valence-electron chi connectivity index (χ3n) is 18.5. The molecule has 0 spiro atoms. The average molecular weight is 1120 g/mol. The summed E-state index contributed by atoms with van der Waals surface area (Å²) in [7, 11) is 1.66. The van der Waals surface area contributed by atoms with Crippen LogP contribution in [0.25, 0.3) is 44.0 Å². The van der Waals surface area contributed by atoms with Crippen molar-refractivity contribution in [1.82, 2.24) is 44.1 Å². The summed E-state index contributed by atoms with van der Waals surface area (Å²) in [5.41, 5.74) is 0.796. The van der Waals surface area contributed by atoms with Crippen molar-refractivity contribution < 1.29 is 51.6 Å². The number of pyridine rings is 1. The van der Waals surface area contributed by atoms with Gasteiger partial charge in [0, 0.05) is 63.4 Å². The molecule has 5 atom stereocenters. The van der Waals surface area contributed by atoms with Gasteiger partial charge in [0.1, 0.15) is 47.9 Å². The molecule has 6 saturated heterocycles. The van der Waals surface area contributed by atoms with Gasteiger partial charge in [-0.15, -0.1) is 0 Å². The zero-order valence-electron chi connectivity index (χ0n) is 45.9. The number of imide groups is 1.